The van der Waals surface area contributed by atoms with Crippen LogP contribution in [0.3, 0.4) is 0 Å². The van der Waals surface area contributed by atoms with E-state index in [0.717, 1.165) is 5.39 Å². The highest BCUT2D eigenvalue weighted by atomic mass is 32.2. The largest absolute Gasteiger partial charge is 0.241 e. The topological polar surface area (TPSA) is 106 Å². The zero-order valence-corrected chi connectivity index (χ0v) is 12.8. The third-order valence-electron chi connectivity index (χ3n) is 2.94. The molecule has 114 valence electrons. The molecule has 0 saturated carbocycles. The average Bonchev–Trinajstić information content (AvgIpc) is 2.42. The second-order valence-electron chi connectivity index (χ2n) is 4.60. The molecule has 21 heavy (non-hydrogen) atoms. The lowest BCUT2D eigenvalue weighted by Crippen LogP contribution is -2.27. The second-order valence-corrected chi connectivity index (χ2v) is 8.06. The monoisotopic (exact) mass is 328 g/mol. The highest BCUT2D eigenvalue weighted by Crippen LogP contribution is 2.22. The molecule has 8 heteroatoms. The Labute approximate surface area is 124 Å². The molecule has 0 saturated heterocycles. The maximum atomic E-state index is 12.3. The van der Waals surface area contributed by atoms with E-state index in [-0.39, 0.29) is 23.6 Å². The van der Waals surface area contributed by atoms with Crippen molar-refractivity contribution in [2.24, 2.45) is 5.14 Å². The van der Waals surface area contributed by atoms with Gasteiger partial charge in [0.05, 0.1) is 10.6 Å². The zero-order valence-electron chi connectivity index (χ0n) is 11.2. The van der Waals surface area contributed by atoms with Crippen LogP contribution in [0.4, 0.5) is 0 Å². The van der Waals surface area contributed by atoms with Gasteiger partial charge in [-0.15, -0.1) is 0 Å². The van der Waals surface area contributed by atoms with E-state index >= 15 is 0 Å². The molecular weight excluding hydrogens is 312 g/mol. The summed E-state index contributed by atoms with van der Waals surface area (Å²) in [6.45, 7) is 0.0159. The quantitative estimate of drug-likeness (QED) is 0.765. The second kappa shape index (κ2) is 6.10. The maximum absolute atomic E-state index is 12.3. The predicted molar refractivity (Wildman–Crippen MR) is 81.7 cm³/mol. The summed E-state index contributed by atoms with van der Waals surface area (Å²) in [6.07, 6.45) is 0.128. The smallest absolute Gasteiger partial charge is 0.229 e. The van der Waals surface area contributed by atoms with Crippen molar-refractivity contribution in [3.63, 3.8) is 0 Å². The molecule has 0 spiro atoms. The van der Waals surface area contributed by atoms with Crippen molar-refractivity contribution in [3.05, 3.63) is 42.5 Å². The van der Waals surface area contributed by atoms with Gasteiger partial charge in [-0.05, 0) is 17.9 Å². The standard InChI is InChI=1S/C13H16N2O4S2/c14-20(16,17)10-4-9-15-21(18,19)13-8-3-6-11-5-1-2-7-12(11)13/h1-3,5-8,15H,4,9-10H2,(H2,14,16,17). The number of rotatable bonds is 6. The van der Waals surface area contributed by atoms with Gasteiger partial charge in [-0.25, -0.2) is 26.7 Å². The molecule has 3 N–H and O–H groups in total. The van der Waals surface area contributed by atoms with Gasteiger partial charge in [0.1, 0.15) is 0 Å². The molecule has 0 atom stereocenters. The summed E-state index contributed by atoms with van der Waals surface area (Å²) in [6, 6.07) is 12.2. The number of hydrogen-bond donors (Lipinski definition) is 2. The van der Waals surface area contributed by atoms with Crippen LogP contribution in [0.5, 0.6) is 0 Å². The van der Waals surface area contributed by atoms with E-state index in [2.05, 4.69) is 4.72 Å². The highest BCUT2D eigenvalue weighted by molar-refractivity contribution is 7.90. The predicted octanol–water partition coefficient (Wildman–Crippen LogP) is 0.797. The summed E-state index contributed by atoms with van der Waals surface area (Å²) in [5.74, 6) is -0.259. The molecule has 0 bridgehead atoms. The highest BCUT2D eigenvalue weighted by Gasteiger charge is 2.16. The Morgan fingerprint density at radius 2 is 1.62 bits per heavy atom. The lowest BCUT2D eigenvalue weighted by molar-refractivity contribution is 0.577. The van der Waals surface area contributed by atoms with Gasteiger partial charge in [-0.3, -0.25) is 0 Å². The Kier molecular flexibility index (Phi) is 4.62. The molecule has 0 aliphatic rings. The molecule has 2 aromatic carbocycles. The zero-order chi connectivity index (χ0) is 15.5. The summed E-state index contributed by atoms with van der Waals surface area (Å²) in [4.78, 5) is 0.177. The van der Waals surface area contributed by atoms with Crippen LogP contribution in [0, 0.1) is 0 Å². The Balaban J connectivity index is 2.19. The number of hydrogen-bond acceptors (Lipinski definition) is 4. The van der Waals surface area contributed by atoms with Gasteiger partial charge < -0.3 is 0 Å². The molecular formula is C13H16N2O4S2. The summed E-state index contributed by atoms with van der Waals surface area (Å²) in [5.41, 5.74) is 0. The molecule has 0 aliphatic heterocycles. The fraction of sp³-hybridized carbons (Fsp3) is 0.231. The molecule has 0 heterocycles. The summed E-state index contributed by atoms with van der Waals surface area (Å²) in [7, 11) is -7.27. The number of primary sulfonamides is 1. The van der Waals surface area contributed by atoms with Crippen molar-refractivity contribution < 1.29 is 16.8 Å². The Bertz CT molecular complexity index is 840. The summed E-state index contributed by atoms with van der Waals surface area (Å²) in [5, 5.41) is 6.31. The first kappa shape index (κ1) is 15.9. The van der Waals surface area contributed by atoms with Crippen molar-refractivity contribution in [1.29, 1.82) is 0 Å². The van der Waals surface area contributed by atoms with Crippen molar-refractivity contribution in [2.75, 3.05) is 12.3 Å². The van der Waals surface area contributed by atoms with Crippen LogP contribution >= 0.6 is 0 Å². The molecule has 0 fully saturated rings. The minimum atomic E-state index is -3.69. The van der Waals surface area contributed by atoms with Crippen molar-refractivity contribution in [1.82, 2.24) is 4.72 Å². The summed E-state index contributed by atoms with van der Waals surface area (Å²) < 4.78 is 48.6. The lowest BCUT2D eigenvalue weighted by Gasteiger charge is -2.09. The van der Waals surface area contributed by atoms with Crippen LogP contribution in [0.1, 0.15) is 6.42 Å². The molecule has 0 aromatic heterocycles. The number of benzene rings is 2. The molecule has 2 rings (SSSR count). The van der Waals surface area contributed by atoms with E-state index in [1.54, 1.807) is 18.2 Å². The van der Waals surface area contributed by atoms with Crippen LogP contribution in [0.2, 0.25) is 0 Å². The third kappa shape index (κ3) is 4.24. The van der Waals surface area contributed by atoms with Gasteiger partial charge in [-0.1, -0.05) is 36.4 Å². The van der Waals surface area contributed by atoms with Gasteiger partial charge in [-0.2, -0.15) is 0 Å². The van der Waals surface area contributed by atoms with E-state index in [1.165, 1.54) is 6.07 Å². The van der Waals surface area contributed by atoms with Crippen molar-refractivity contribution in [2.45, 2.75) is 11.3 Å². The van der Waals surface area contributed by atoms with Crippen LogP contribution in [-0.2, 0) is 20.0 Å². The first-order chi connectivity index (χ1) is 9.80. The van der Waals surface area contributed by atoms with E-state index in [0.29, 0.717) is 5.39 Å². The van der Waals surface area contributed by atoms with Crippen LogP contribution in [0.25, 0.3) is 10.8 Å². The summed E-state index contributed by atoms with van der Waals surface area (Å²) >= 11 is 0. The molecule has 0 unspecified atom stereocenters. The first-order valence-corrected chi connectivity index (χ1v) is 9.47. The SMILES string of the molecule is NS(=O)(=O)CCCNS(=O)(=O)c1cccc2ccccc12. The van der Waals surface area contributed by atoms with E-state index in [1.807, 2.05) is 18.2 Å². The number of nitrogens with one attached hydrogen (secondary N) is 1. The molecule has 0 amide bonds. The van der Waals surface area contributed by atoms with Gasteiger partial charge in [0.15, 0.2) is 0 Å². The minimum Gasteiger partial charge on any atom is -0.229 e. The van der Waals surface area contributed by atoms with E-state index in [9.17, 15) is 16.8 Å². The number of nitrogens with two attached hydrogens (primary N) is 1. The van der Waals surface area contributed by atoms with Crippen LogP contribution < -0.4 is 9.86 Å². The van der Waals surface area contributed by atoms with Gasteiger partial charge in [0.25, 0.3) is 0 Å². The van der Waals surface area contributed by atoms with Gasteiger partial charge in [0.2, 0.25) is 20.0 Å². The van der Waals surface area contributed by atoms with Gasteiger partial charge in [0, 0.05) is 11.9 Å². The van der Waals surface area contributed by atoms with Crippen LogP contribution in [-0.4, -0.2) is 29.1 Å². The lowest BCUT2D eigenvalue weighted by atomic mass is 10.1. The minimum absolute atomic E-state index is 0.0159. The van der Waals surface area contributed by atoms with E-state index in [4.69, 9.17) is 5.14 Å². The molecule has 0 radical (unpaired) electrons. The van der Waals surface area contributed by atoms with Crippen LogP contribution in [0.15, 0.2) is 47.4 Å². The molecule has 6 nitrogen and oxygen atoms in total. The third-order valence-corrected chi connectivity index (χ3v) is 5.31. The van der Waals surface area contributed by atoms with Crippen molar-refractivity contribution in [3.8, 4) is 0 Å². The molecule has 0 aliphatic carbocycles. The Morgan fingerprint density at radius 3 is 2.33 bits per heavy atom. The molecule has 2 aromatic rings. The van der Waals surface area contributed by atoms with Gasteiger partial charge >= 0.3 is 0 Å². The Hall–Kier alpha value is -1.48. The fourth-order valence-corrected chi connectivity index (χ4v) is 3.84. The van der Waals surface area contributed by atoms with E-state index < -0.39 is 20.0 Å². The normalized spacial score (nSPS) is 12.6. The number of sulfonamides is 2. The average molecular weight is 328 g/mol. The number of fused-ring (bicyclic) bond motifs is 1. The Morgan fingerprint density at radius 1 is 0.952 bits per heavy atom. The first-order valence-electron chi connectivity index (χ1n) is 6.27. The maximum Gasteiger partial charge on any atom is 0.241 e. The van der Waals surface area contributed by atoms with Crippen molar-refractivity contribution >= 4 is 30.8 Å². The fourth-order valence-electron chi connectivity index (χ4n) is 1.99.